The summed E-state index contributed by atoms with van der Waals surface area (Å²) in [7, 11) is 1.56. The molecule has 3 aromatic rings. The van der Waals surface area contributed by atoms with Crippen molar-refractivity contribution in [1.29, 1.82) is 0 Å². The van der Waals surface area contributed by atoms with Gasteiger partial charge in [0.05, 0.1) is 7.11 Å². The van der Waals surface area contributed by atoms with Crippen molar-refractivity contribution in [1.82, 2.24) is 16.2 Å². The molecule has 0 fully saturated rings. The van der Waals surface area contributed by atoms with Crippen LogP contribution in [0.5, 0.6) is 23.0 Å². The molecule has 0 bridgehead atoms. The predicted octanol–water partition coefficient (Wildman–Crippen LogP) is 2.87. The normalized spacial score (nSPS) is 9.97. The summed E-state index contributed by atoms with van der Waals surface area (Å²) in [6.07, 6.45) is 0. The van der Waals surface area contributed by atoms with Gasteiger partial charge in [-0.1, -0.05) is 18.2 Å². The first kappa shape index (κ1) is 25.3. The van der Waals surface area contributed by atoms with E-state index < -0.39 is 11.8 Å². The average Bonchev–Trinajstić information content (AvgIpc) is 2.90. The standard InChI is InChI=1S/C25H25N3O6S/c1-31-19-11-13-22(14-12-19)34-17-23(29)27-28-25(35)26-24(30)18-7-9-21(10-8-18)33-16-15-32-20-5-3-2-4-6-20/h2-14H,15-17H2,1H3,(H,27,29)(H2,26,28,30,35). The fourth-order valence-corrected chi connectivity index (χ4v) is 2.87. The van der Waals surface area contributed by atoms with Crippen LogP contribution in [0.4, 0.5) is 0 Å². The van der Waals surface area contributed by atoms with Crippen molar-refractivity contribution in [3.63, 3.8) is 0 Å². The van der Waals surface area contributed by atoms with E-state index in [0.29, 0.717) is 36.0 Å². The molecule has 2 amide bonds. The molecule has 3 N–H and O–H groups in total. The van der Waals surface area contributed by atoms with Gasteiger partial charge in [-0.3, -0.25) is 25.8 Å². The molecule has 35 heavy (non-hydrogen) atoms. The zero-order valence-corrected chi connectivity index (χ0v) is 19.8. The third-order valence-electron chi connectivity index (χ3n) is 4.45. The molecule has 3 aromatic carbocycles. The van der Waals surface area contributed by atoms with Crippen LogP contribution < -0.4 is 35.1 Å². The Morgan fingerprint density at radius 2 is 1.26 bits per heavy atom. The minimum absolute atomic E-state index is 0.0637. The second-order valence-corrected chi connectivity index (χ2v) is 7.36. The number of benzene rings is 3. The summed E-state index contributed by atoms with van der Waals surface area (Å²) in [5, 5.41) is 2.42. The zero-order chi connectivity index (χ0) is 24.9. The predicted molar refractivity (Wildman–Crippen MR) is 134 cm³/mol. The van der Waals surface area contributed by atoms with Gasteiger partial charge < -0.3 is 18.9 Å². The van der Waals surface area contributed by atoms with E-state index in [1.807, 2.05) is 30.3 Å². The summed E-state index contributed by atoms with van der Waals surface area (Å²) in [4.78, 5) is 24.3. The highest BCUT2D eigenvalue weighted by atomic mass is 32.1. The van der Waals surface area contributed by atoms with Crippen LogP contribution in [0.1, 0.15) is 10.4 Å². The van der Waals surface area contributed by atoms with E-state index in [9.17, 15) is 9.59 Å². The van der Waals surface area contributed by atoms with E-state index in [1.165, 1.54) is 0 Å². The van der Waals surface area contributed by atoms with Crippen molar-refractivity contribution in [2.24, 2.45) is 0 Å². The van der Waals surface area contributed by atoms with Gasteiger partial charge in [-0.05, 0) is 72.9 Å². The van der Waals surface area contributed by atoms with Crippen LogP contribution in [-0.2, 0) is 4.79 Å². The lowest BCUT2D eigenvalue weighted by atomic mass is 10.2. The number of carbonyl (C=O) groups is 2. The van der Waals surface area contributed by atoms with Crippen LogP contribution in [0, 0.1) is 0 Å². The molecule has 3 rings (SSSR count). The van der Waals surface area contributed by atoms with Gasteiger partial charge in [-0.2, -0.15) is 0 Å². The first-order valence-electron chi connectivity index (χ1n) is 10.6. The van der Waals surface area contributed by atoms with Crippen molar-refractivity contribution in [3.05, 3.63) is 84.4 Å². The fourth-order valence-electron chi connectivity index (χ4n) is 2.73. The van der Waals surface area contributed by atoms with E-state index in [1.54, 1.807) is 55.6 Å². The maximum absolute atomic E-state index is 12.3. The number of methoxy groups -OCH3 is 1. The molecule has 0 aliphatic carbocycles. The number of ether oxygens (including phenoxy) is 4. The summed E-state index contributed by atoms with van der Waals surface area (Å²) in [6.45, 7) is 0.507. The zero-order valence-electron chi connectivity index (χ0n) is 19.0. The summed E-state index contributed by atoms with van der Waals surface area (Å²) >= 11 is 5.04. The lowest BCUT2D eigenvalue weighted by Crippen LogP contribution is -2.49. The number of carbonyl (C=O) groups excluding carboxylic acids is 2. The molecule has 9 nitrogen and oxygen atoms in total. The lowest BCUT2D eigenvalue weighted by Gasteiger charge is -2.12. The highest BCUT2D eigenvalue weighted by Crippen LogP contribution is 2.16. The maximum atomic E-state index is 12.3. The van der Waals surface area contributed by atoms with Crippen LogP contribution in [0.15, 0.2) is 78.9 Å². The first-order chi connectivity index (χ1) is 17.0. The molecule has 0 saturated carbocycles. The number of amides is 2. The van der Waals surface area contributed by atoms with Crippen LogP contribution in [0.3, 0.4) is 0 Å². The van der Waals surface area contributed by atoms with Gasteiger partial charge >= 0.3 is 0 Å². The number of thiocarbonyl (C=S) groups is 1. The Morgan fingerprint density at radius 3 is 1.89 bits per heavy atom. The SMILES string of the molecule is COc1ccc(OCC(=O)NNC(=S)NC(=O)c2ccc(OCCOc3ccccc3)cc2)cc1. The summed E-state index contributed by atoms with van der Waals surface area (Å²) in [6, 6.07) is 22.8. The lowest BCUT2D eigenvalue weighted by molar-refractivity contribution is -0.123. The Bertz CT molecular complexity index is 1110. The molecular weight excluding hydrogens is 470 g/mol. The maximum Gasteiger partial charge on any atom is 0.276 e. The van der Waals surface area contributed by atoms with Crippen molar-refractivity contribution >= 4 is 29.1 Å². The molecular formula is C25H25N3O6S. The molecule has 182 valence electrons. The Balaban J connectivity index is 1.33. The van der Waals surface area contributed by atoms with E-state index >= 15 is 0 Å². The molecule has 10 heteroatoms. The molecule has 0 spiro atoms. The van der Waals surface area contributed by atoms with Crippen LogP contribution in [0.25, 0.3) is 0 Å². The second kappa shape index (κ2) is 13.4. The monoisotopic (exact) mass is 495 g/mol. The molecule has 0 aliphatic rings. The number of nitrogens with one attached hydrogen (secondary N) is 3. The molecule has 0 radical (unpaired) electrons. The minimum Gasteiger partial charge on any atom is -0.497 e. The van der Waals surface area contributed by atoms with Crippen LogP contribution in [0.2, 0.25) is 0 Å². The van der Waals surface area contributed by atoms with Gasteiger partial charge in [0.1, 0.15) is 36.2 Å². The van der Waals surface area contributed by atoms with Gasteiger partial charge in [0.15, 0.2) is 11.7 Å². The molecule has 0 aromatic heterocycles. The largest absolute Gasteiger partial charge is 0.497 e. The number of hydrogen-bond donors (Lipinski definition) is 3. The van der Waals surface area contributed by atoms with Gasteiger partial charge in [0.2, 0.25) is 0 Å². The minimum atomic E-state index is -0.477. The third kappa shape index (κ3) is 8.86. The highest BCUT2D eigenvalue weighted by Gasteiger charge is 2.09. The molecule has 0 heterocycles. The topological polar surface area (TPSA) is 107 Å². The van der Waals surface area contributed by atoms with E-state index in [0.717, 1.165) is 5.75 Å². The highest BCUT2D eigenvalue weighted by molar-refractivity contribution is 7.80. The van der Waals surface area contributed by atoms with Gasteiger partial charge in [-0.15, -0.1) is 0 Å². The Kier molecular flexibility index (Phi) is 9.70. The summed E-state index contributed by atoms with van der Waals surface area (Å²) < 4.78 is 21.6. The number of para-hydroxylation sites is 1. The van der Waals surface area contributed by atoms with Crippen LogP contribution >= 0.6 is 12.2 Å². The van der Waals surface area contributed by atoms with E-state index in [4.69, 9.17) is 31.2 Å². The molecule has 0 unspecified atom stereocenters. The first-order valence-corrected chi connectivity index (χ1v) is 11.0. The molecule has 0 atom stereocenters. The molecule has 0 aliphatic heterocycles. The summed E-state index contributed by atoms with van der Waals surface area (Å²) in [5.74, 6) is 1.64. The van der Waals surface area contributed by atoms with E-state index in [2.05, 4.69) is 16.2 Å². The fraction of sp³-hybridized carbons (Fsp3) is 0.160. The average molecular weight is 496 g/mol. The van der Waals surface area contributed by atoms with Crippen molar-refractivity contribution in [2.75, 3.05) is 26.9 Å². The van der Waals surface area contributed by atoms with Gasteiger partial charge in [-0.25, -0.2) is 0 Å². The number of rotatable bonds is 10. The molecule has 0 saturated heterocycles. The Hall–Kier alpha value is -4.31. The second-order valence-electron chi connectivity index (χ2n) is 6.95. The van der Waals surface area contributed by atoms with Crippen molar-refractivity contribution in [2.45, 2.75) is 0 Å². The van der Waals surface area contributed by atoms with Gasteiger partial charge in [0.25, 0.3) is 11.8 Å². The smallest absolute Gasteiger partial charge is 0.276 e. The summed E-state index contributed by atoms with van der Waals surface area (Å²) in [5.41, 5.74) is 5.18. The number of hydrazine groups is 1. The quantitative estimate of drug-likeness (QED) is 0.224. The Morgan fingerprint density at radius 1 is 0.714 bits per heavy atom. The van der Waals surface area contributed by atoms with Crippen molar-refractivity contribution in [3.8, 4) is 23.0 Å². The van der Waals surface area contributed by atoms with Gasteiger partial charge in [0, 0.05) is 5.56 Å². The van der Waals surface area contributed by atoms with E-state index in [-0.39, 0.29) is 11.7 Å². The van der Waals surface area contributed by atoms with Crippen molar-refractivity contribution < 1.29 is 28.5 Å². The van der Waals surface area contributed by atoms with Crippen LogP contribution in [-0.4, -0.2) is 43.9 Å². The third-order valence-corrected chi connectivity index (χ3v) is 4.66. The number of hydrogen-bond acceptors (Lipinski definition) is 7. The Labute approximate surface area is 208 Å².